The SMILES string of the molecule is Cl.O=C(NC1CCCNC1)C1(c2ccc(Cl)cc2)CCCC1. The van der Waals surface area contributed by atoms with Crippen molar-refractivity contribution in [3.8, 4) is 0 Å². The fourth-order valence-corrected chi connectivity index (χ4v) is 3.82. The average molecular weight is 343 g/mol. The van der Waals surface area contributed by atoms with Crippen molar-refractivity contribution in [1.82, 2.24) is 10.6 Å². The maximum absolute atomic E-state index is 12.9. The van der Waals surface area contributed by atoms with Crippen molar-refractivity contribution in [2.45, 2.75) is 50.0 Å². The molecule has 22 heavy (non-hydrogen) atoms. The lowest BCUT2D eigenvalue weighted by atomic mass is 9.77. The highest BCUT2D eigenvalue weighted by molar-refractivity contribution is 6.30. The zero-order chi connectivity index (χ0) is 14.7. The Hall–Kier alpha value is -0.770. The third-order valence-corrected chi connectivity index (χ3v) is 5.17. The minimum atomic E-state index is -0.345. The number of nitrogens with one attached hydrogen (secondary N) is 2. The van der Waals surface area contributed by atoms with Crippen LogP contribution in [0, 0.1) is 0 Å². The fourth-order valence-electron chi connectivity index (χ4n) is 3.69. The first-order valence-corrected chi connectivity index (χ1v) is 8.36. The van der Waals surface area contributed by atoms with Gasteiger partial charge in [0.25, 0.3) is 0 Å². The molecule has 1 amide bonds. The molecule has 1 saturated heterocycles. The van der Waals surface area contributed by atoms with Crippen molar-refractivity contribution in [2.75, 3.05) is 13.1 Å². The largest absolute Gasteiger partial charge is 0.351 e. The van der Waals surface area contributed by atoms with Crippen LogP contribution in [0.3, 0.4) is 0 Å². The summed E-state index contributed by atoms with van der Waals surface area (Å²) in [6.45, 7) is 1.96. The van der Waals surface area contributed by atoms with Crippen molar-refractivity contribution in [3.63, 3.8) is 0 Å². The Labute approximate surface area is 143 Å². The molecule has 0 spiro atoms. The summed E-state index contributed by atoms with van der Waals surface area (Å²) >= 11 is 5.99. The van der Waals surface area contributed by atoms with Crippen molar-refractivity contribution in [3.05, 3.63) is 34.9 Å². The number of carbonyl (C=O) groups is 1. The Morgan fingerprint density at radius 2 is 1.86 bits per heavy atom. The van der Waals surface area contributed by atoms with Crippen LogP contribution in [0.1, 0.15) is 44.1 Å². The van der Waals surface area contributed by atoms with Crippen LogP contribution in [0.15, 0.2) is 24.3 Å². The minimum absolute atomic E-state index is 0. The van der Waals surface area contributed by atoms with Crippen LogP contribution in [-0.4, -0.2) is 25.0 Å². The molecule has 1 unspecified atom stereocenters. The van der Waals surface area contributed by atoms with E-state index in [0.717, 1.165) is 62.2 Å². The highest BCUT2D eigenvalue weighted by Gasteiger charge is 2.43. The third-order valence-electron chi connectivity index (χ3n) is 4.92. The molecule has 1 aromatic rings. The molecule has 2 aliphatic rings. The van der Waals surface area contributed by atoms with Crippen LogP contribution in [0.5, 0.6) is 0 Å². The van der Waals surface area contributed by atoms with Gasteiger partial charge in [0.2, 0.25) is 5.91 Å². The predicted octanol–water partition coefficient (Wildman–Crippen LogP) is 3.44. The van der Waals surface area contributed by atoms with Crippen molar-refractivity contribution < 1.29 is 4.79 Å². The maximum Gasteiger partial charge on any atom is 0.230 e. The molecule has 1 saturated carbocycles. The second-order valence-electron chi connectivity index (χ2n) is 6.31. The van der Waals surface area contributed by atoms with E-state index in [-0.39, 0.29) is 29.8 Å². The third kappa shape index (κ3) is 3.58. The second-order valence-corrected chi connectivity index (χ2v) is 6.75. The highest BCUT2D eigenvalue weighted by Crippen LogP contribution is 2.41. The minimum Gasteiger partial charge on any atom is -0.351 e. The van der Waals surface area contributed by atoms with Gasteiger partial charge in [0.15, 0.2) is 0 Å². The van der Waals surface area contributed by atoms with Gasteiger partial charge in [0.1, 0.15) is 0 Å². The van der Waals surface area contributed by atoms with Gasteiger partial charge < -0.3 is 10.6 Å². The fraction of sp³-hybridized carbons (Fsp3) is 0.588. The molecule has 1 heterocycles. The Kier molecular flexibility index (Phi) is 6.13. The van der Waals surface area contributed by atoms with Crippen LogP contribution < -0.4 is 10.6 Å². The van der Waals surface area contributed by atoms with Gasteiger partial charge in [0, 0.05) is 17.6 Å². The second kappa shape index (κ2) is 7.67. The molecular weight excluding hydrogens is 319 g/mol. The van der Waals surface area contributed by atoms with Crippen LogP contribution in [-0.2, 0) is 10.2 Å². The van der Waals surface area contributed by atoms with Crippen molar-refractivity contribution in [2.24, 2.45) is 0 Å². The summed E-state index contributed by atoms with van der Waals surface area (Å²) < 4.78 is 0. The molecule has 2 fully saturated rings. The Balaban J connectivity index is 0.00000176. The van der Waals surface area contributed by atoms with E-state index in [2.05, 4.69) is 10.6 Å². The summed E-state index contributed by atoms with van der Waals surface area (Å²) in [5.74, 6) is 0.205. The number of rotatable bonds is 3. The molecule has 1 aliphatic carbocycles. The molecule has 3 rings (SSSR count). The van der Waals surface area contributed by atoms with Crippen LogP contribution in [0.25, 0.3) is 0 Å². The van der Waals surface area contributed by atoms with E-state index >= 15 is 0 Å². The van der Waals surface area contributed by atoms with Gasteiger partial charge in [-0.1, -0.05) is 36.6 Å². The summed E-state index contributed by atoms with van der Waals surface area (Å²) in [6, 6.07) is 8.10. The first-order valence-electron chi connectivity index (χ1n) is 7.98. The van der Waals surface area contributed by atoms with Crippen LogP contribution >= 0.6 is 24.0 Å². The molecule has 1 aromatic carbocycles. The Morgan fingerprint density at radius 1 is 1.18 bits per heavy atom. The normalized spacial score (nSPS) is 23.6. The topological polar surface area (TPSA) is 41.1 Å². The summed E-state index contributed by atoms with van der Waals surface area (Å²) in [6.07, 6.45) is 6.35. The number of carbonyl (C=O) groups excluding carboxylic acids is 1. The summed E-state index contributed by atoms with van der Waals surface area (Å²) in [4.78, 5) is 12.9. The van der Waals surface area contributed by atoms with Gasteiger partial charge >= 0.3 is 0 Å². The zero-order valence-electron chi connectivity index (χ0n) is 12.7. The molecule has 0 radical (unpaired) electrons. The number of hydrogen-bond donors (Lipinski definition) is 2. The number of amides is 1. The average Bonchev–Trinajstić information content (AvgIpc) is 3.00. The number of hydrogen-bond acceptors (Lipinski definition) is 2. The summed E-state index contributed by atoms with van der Waals surface area (Å²) in [5, 5.41) is 7.36. The van der Waals surface area contributed by atoms with Gasteiger partial charge in [-0.25, -0.2) is 0 Å². The van der Waals surface area contributed by atoms with Gasteiger partial charge in [-0.15, -0.1) is 12.4 Å². The van der Waals surface area contributed by atoms with Crippen molar-refractivity contribution in [1.29, 1.82) is 0 Å². The number of piperidine rings is 1. The van der Waals surface area contributed by atoms with E-state index in [1.807, 2.05) is 24.3 Å². The van der Waals surface area contributed by atoms with Crippen molar-refractivity contribution >= 4 is 29.9 Å². The lowest BCUT2D eigenvalue weighted by molar-refractivity contribution is -0.127. The van der Waals surface area contributed by atoms with E-state index in [4.69, 9.17) is 11.6 Å². The van der Waals surface area contributed by atoms with Crippen LogP contribution in [0.2, 0.25) is 5.02 Å². The molecular formula is C17H24Cl2N2O. The molecule has 122 valence electrons. The lowest BCUT2D eigenvalue weighted by Crippen LogP contribution is -2.51. The van der Waals surface area contributed by atoms with Gasteiger partial charge in [-0.05, 0) is 49.9 Å². The van der Waals surface area contributed by atoms with E-state index in [1.165, 1.54) is 0 Å². The predicted molar refractivity (Wildman–Crippen MR) is 92.9 cm³/mol. The molecule has 1 aliphatic heterocycles. The van der Waals surface area contributed by atoms with Gasteiger partial charge in [0.05, 0.1) is 5.41 Å². The molecule has 2 N–H and O–H groups in total. The Bertz CT molecular complexity index is 492. The van der Waals surface area contributed by atoms with E-state index in [0.29, 0.717) is 0 Å². The first-order chi connectivity index (χ1) is 10.2. The molecule has 0 aromatic heterocycles. The lowest BCUT2D eigenvalue weighted by Gasteiger charge is -2.32. The quantitative estimate of drug-likeness (QED) is 0.883. The number of benzene rings is 1. The van der Waals surface area contributed by atoms with Gasteiger partial charge in [-0.3, -0.25) is 4.79 Å². The molecule has 0 bridgehead atoms. The standard InChI is InChI=1S/C17H23ClN2O.ClH/c18-14-7-5-13(6-8-14)17(9-1-2-10-17)16(21)20-15-4-3-11-19-12-15;/h5-8,15,19H,1-4,9-12H2,(H,20,21);1H. The Morgan fingerprint density at radius 3 is 2.45 bits per heavy atom. The summed E-state index contributed by atoms with van der Waals surface area (Å²) in [7, 11) is 0. The van der Waals surface area contributed by atoms with Crippen LogP contribution in [0.4, 0.5) is 0 Å². The zero-order valence-corrected chi connectivity index (χ0v) is 14.3. The number of halogens is 2. The molecule has 1 atom stereocenters. The van der Waals surface area contributed by atoms with E-state index in [9.17, 15) is 4.79 Å². The maximum atomic E-state index is 12.9. The molecule has 5 heteroatoms. The monoisotopic (exact) mass is 342 g/mol. The molecule has 3 nitrogen and oxygen atoms in total. The van der Waals surface area contributed by atoms with E-state index < -0.39 is 0 Å². The van der Waals surface area contributed by atoms with Gasteiger partial charge in [-0.2, -0.15) is 0 Å². The smallest absolute Gasteiger partial charge is 0.230 e. The first kappa shape index (κ1) is 17.6. The summed E-state index contributed by atoms with van der Waals surface area (Å²) in [5.41, 5.74) is 0.771. The highest BCUT2D eigenvalue weighted by atomic mass is 35.5. The van der Waals surface area contributed by atoms with E-state index in [1.54, 1.807) is 0 Å².